The van der Waals surface area contributed by atoms with Crippen LogP contribution in [0.1, 0.15) is 11.1 Å². The molecule has 1 aliphatic rings. The highest BCUT2D eigenvalue weighted by Crippen LogP contribution is 2.16. The summed E-state index contributed by atoms with van der Waals surface area (Å²) < 4.78 is 5.65. The Hall–Kier alpha value is -3.07. The van der Waals surface area contributed by atoms with Crippen LogP contribution in [-0.4, -0.2) is 35.1 Å². The molecule has 2 heterocycles. The van der Waals surface area contributed by atoms with E-state index in [1.54, 1.807) is 17.0 Å². The molecule has 6 heteroatoms. The van der Waals surface area contributed by atoms with Gasteiger partial charge in [0.15, 0.2) is 0 Å². The lowest BCUT2D eigenvalue weighted by molar-refractivity contribution is 0.0413. The van der Waals surface area contributed by atoms with Crippen molar-refractivity contribution in [1.82, 2.24) is 15.2 Å². The summed E-state index contributed by atoms with van der Waals surface area (Å²) in [4.78, 5) is 17.7. The Morgan fingerprint density at radius 1 is 1.30 bits per heavy atom. The number of amides is 2. The van der Waals surface area contributed by atoms with Crippen LogP contribution in [0, 0.1) is 11.3 Å². The number of aromatic nitrogens is 1. The van der Waals surface area contributed by atoms with E-state index in [9.17, 15) is 4.79 Å². The number of pyridine rings is 1. The molecule has 3 rings (SSSR count). The molecule has 0 radical (unpaired) electrons. The van der Waals surface area contributed by atoms with Gasteiger partial charge < -0.3 is 15.0 Å². The van der Waals surface area contributed by atoms with Crippen molar-refractivity contribution in [2.75, 3.05) is 13.1 Å². The Kier molecular flexibility index (Phi) is 4.39. The minimum atomic E-state index is -0.0958. The van der Waals surface area contributed by atoms with Gasteiger partial charge in [-0.15, -0.1) is 0 Å². The van der Waals surface area contributed by atoms with E-state index >= 15 is 0 Å². The number of ether oxygens (including phenoxy) is 1. The molecular weight excluding hydrogens is 292 g/mol. The summed E-state index contributed by atoms with van der Waals surface area (Å²) in [6.07, 6.45) is 1.41. The second kappa shape index (κ2) is 6.79. The van der Waals surface area contributed by atoms with Gasteiger partial charge in [0.1, 0.15) is 12.2 Å². The molecule has 2 aromatic rings. The number of nitrogens with zero attached hydrogens (tertiary/aromatic N) is 3. The van der Waals surface area contributed by atoms with Crippen LogP contribution < -0.4 is 10.1 Å². The molecule has 0 aliphatic carbocycles. The molecule has 0 saturated carbocycles. The van der Waals surface area contributed by atoms with Crippen molar-refractivity contribution in [3.63, 3.8) is 0 Å². The summed E-state index contributed by atoms with van der Waals surface area (Å²) in [6, 6.07) is 15.0. The number of carbonyl (C=O) groups is 1. The van der Waals surface area contributed by atoms with E-state index in [0.29, 0.717) is 31.1 Å². The lowest BCUT2D eigenvalue weighted by Gasteiger charge is -2.38. The smallest absolute Gasteiger partial charge is 0.317 e. The van der Waals surface area contributed by atoms with Crippen molar-refractivity contribution in [3.8, 4) is 11.9 Å². The van der Waals surface area contributed by atoms with Gasteiger partial charge in [-0.3, -0.25) is 0 Å². The molecule has 1 N–H and O–H groups in total. The Morgan fingerprint density at radius 3 is 2.74 bits per heavy atom. The summed E-state index contributed by atoms with van der Waals surface area (Å²) in [7, 11) is 0. The van der Waals surface area contributed by atoms with E-state index < -0.39 is 0 Å². The minimum Gasteiger partial charge on any atom is -0.471 e. The molecule has 2 amide bonds. The SMILES string of the molecule is N#Cc1ccc(OC2CN(C(=O)NCc3ccccc3)C2)nc1. The van der Waals surface area contributed by atoms with E-state index in [0.717, 1.165) is 5.56 Å². The predicted octanol–water partition coefficient (Wildman–Crippen LogP) is 1.93. The van der Waals surface area contributed by atoms with Crippen molar-refractivity contribution in [2.45, 2.75) is 12.6 Å². The van der Waals surface area contributed by atoms with Crippen molar-refractivity contribution in [2.24, 2.45) is 0 Å². The maximum absolute atomic E-state index is 12.0. The fourth-order valence-corrected chi connectivity index (χ4v) is 2.25. The quantitative estimate of drug-likeness (QED) is 0.936. The van der Waals surface area contributed by atoms with E-state index in [1.807, 2.05) is 36.4 Å². The minimum absolute atomic E-state index is 0.0575. The van der Waals surface area contributed by atoms with Crippen LogP contribution in [0.3, 0.4) is 0 Å². The fourth-order valence-electron chi connectivity index (χ4n) is 2.25. The summed E-state index contributed by atoms with van der Waals surface area (Å²) in [6.45, 7) is 1.57. The van der Waals surface area contributed by atoms with Gasteiger partial charge in [-0.25, -0.2) is 9.78 Å². The highest BCUT2D eigenvalue weighted by Gasteiger charge is 2.32. The summed E-state index contributed by atoms with van der Waals surface area (Å²) in [5.41, 5.74) is 1.56. The number of nitriles is 1. The Morgan fingerprint density at radius 2 is 2.09 bits per heavy atom. The van der Waals surface area contributed by atoms with Gasteiger partial charge in [-0.1, -0.05) is 30.3 Å². The van der Waals surface area contributed by atoms with Gasteiger partial charge in [-0.2, -0.15) is 5.26 Å². The van der Waals surface area contributed by atoms with Crippen LogP contribution in [0.2, 0.25) is 0 Å². The highest BCUT2D eigenvalue weighted by molar-refractivity contribution is 5.75. The van der Waals surface area contributed by atoms with E-state index in [1.165, 1.54) is 6.20 Å². The number of hydrogen-bond donors (Lipinski definition) is 1. The molecule has 0 bridgehead atoms. The Balaban J connectivity index is 1.41. The normalized spacial score (nSPS) is 13.8. The van der Waals surface area contributed by atoms with Gasteiger partial charge in [0.05, 0.1) is 18.7 Å². The molecule has 6 nitrogen and oxygen atoms in total. The molecule has 116 valence electrons. The number of carbonyl (C=O) groups excluding carboxylic acids is 1. The number of rotatable bonds is 4. The average molecular weight is 308 g/mol. The zero-order valence-corrected chi connectivity index (χ0v) is 12.5. The summed E-state index contributed by atoms with van der Waals surface area (Å²) in [5.74, 6) is 0.471. The highest BCUT2D eigenvalue weighted by atomic mass is 16.5. The monoisotopic (exact) mass is 308 g/mol. The van der Waals surface area contributed by atoms with Crippen LogP contribution in [0.15, 0.2) is 48.7 Å². The maximum Gasteiger partial charge on any atom is 0.317 e. The van der Waals surface area contributed by atoms with Crippen LogP contribution in [0.4, 0.5) is 4.79 Å². The second-order valence-electron chi connectivity index (χ2n) is 5.29. The Labute approximate surface area is 134 Å². The molecule has 1 saturated heterocycles. The number of hydrogen-bond acceptors (Lipinski definition) is 4. The Bertz CT molecular complexity index is 704. The van der Waals surface area contributed by atoms with Gasteiger partial charge in [0.25, 0.3) is 0 Å². The first-order chi connectivity index (χ1) is 11.2. The molecule has 1 aromatic carbocycles. The zero-order valence-electron chi connectivity index (χ0n) is 12.5. The van der Waals surface area contributed by atoms with Crippen LogP contribution in [0.25, 0.3) is 0 Å². The maximum atomic E-state index is 12.0. The van der Waals surface area contributed by atoms with Crippen molar-refractivity contribution in [1.29, 1.82) is 5.26 Å². The van der Waals surface area contributed by atoms with Crippen LogP contribution in [0.5, 0.6) is 5.88 Å². The van der Waals surface area contributed by atoms with Gasteiger partial charge in [0.2, 0.25) is 5.88 Å². The number of likely N-dealkylation sites (tertiary alicyclic amines) is 1. The molecule has 1 aliphatic heterocycles. The number of urea groups is 1. The summed E-state index contributed by atoms with van der Waals surface area (Å²) >= 11 is 0. The molecule has 0 atom stereocenters. The third kappa shape index (κ3) is 3.77. The van der Waals surface area contributed by atoms with E-state index in [-0.39, 0.29) is 12.1 Å². The van der Waals surface area contributed by atoms with E-state index in [4.69, 9.17) is 10.00 Å². The first kappa shape index (κ1) is 14.9. The lowest BCUT2D eigenvalue weighted by atomic mass is 10.2. The number of benzene rings is 1. The predicted molar refractivity (Wildman–Crippen MR) is 83.6 cm³/mol. The number of nitrogens with one attached hydrogen (secondary N) is 1. The molecule has 1 fully saturated rings. The van der Waals surface area contributed by atoms with Crippen molar-refractivity contribution >= 4 is 6.03 Å². The molecule has 0 spiro atoms. The first-order valence-electron chi connectivity index (χ1n) is 7.34. The molecule has 23 heavy (non-hydrogen) atoms. The third-order valence-corrected chi connectivity index (χ3v) is 3.57. The van der Waals surface area contributed by atoms with Gasteiger partial charge in [0, 0.05) is 18.8 Å². The topological polar surface area (TPSA) is 78.2 Å². The fraction of sp³-hybridized carbons (Fsp3) is 0.235. The standard InChI is InChI=1S/C17H16N4O2/c18-8-14-6-7-16(19-10-14)23-15-11-21(12-15)17(22)20-9-13-4-2-1-3-5-13/h1-7,10,15H,9,11-12H2,(H,20,22). The average Bonchev–Trinajstić information content (AvgIpc) is 2.57. The van der Waals surface area contributed by atoms with E-state index in [2.05, 4.69) is 10.3 Å². The summed E-state index contributed by atoms with van der Waals surface area (Å²) in [5, 5.41) is 11.6. The largest absolute Gasteiger partial charge is 0.471 e. The van der Waals surface area contributed by atoms with Crippen molar-refractivity contribution in [3.05, 3.63) is 59.8 Å². The second-order valence-corrected chi connectivity index (χ2v) is 5.29. The van der Waals surface area contributed by atoms with Crippen LogP contribution in [-0.2, 0) is 6.54 Å². The lowest BCUT2D eigenvalue weighted by Crippen LogP contribution is -2.58. The van der Waals surface area contributed by atoms with Crippen LogP contribution >= 0.6 is 0 Å². The van der Waals surface area contributed by atoms with Gasteiger partial charge >= 0.3 is 6.03 Å². The molecule has 1 aromatic heterocycles. The van der Waals surface area contributed by atoms with Crippen molar-refractivity contribution < 1.29 is 9.53 Å². The molecular formula is C17H16N4O2. The third-order valence-electron chi connectivity index (χ3n) is 3.57. The zero-order chi connectivity index (χ0) is 16.1. The van der Waals surface area contributed by atoms with Gasteiger partial charge in [-0.05, 0) is 11.6 Å². The first-order valence-corrected chi connectivity index (χ1v) is 7.34. The molecule has 0 unspecified atom stereocenters.